The molecule has 9 heteroatoms. The third-order valence-electron chi connectivity index (χ3n) is 4.66. The first-order valence-electron chi connectivity index (χ1n) is 8.20. The second kappa shape index (κ2) is 6.14. The molecule has 0 radical (unpaired) electrons. The lowest BCUT2D eigenvalue weighted by Crippen LogP contribution is -2.52. The largest absolute Gasteiger partial charge is 0.354 e. The van der Waals surface area contributed by atoms with Crippen molar-refractivity contribution in [2.75, 3.05) is 24.5 Å². The number of nitrogens with one attached hydrogen (secondary N) is 2. The van der Waals surface area contributed by atoms with E-state index in [0.29, 0.717) is 6.54 Å². The van der Waals surface area contributed by atoms with E-state index in [1.165, 1.54) is 30.9 Å². The SMILES string of the molecule is O=S(=O)(NCC1CN(c2cc3c(nn2)CCCC3)C1)c1cnc[nH]1. The van der Waals surface area contributed by atoms with E-state index >= 15 is 0 Å². The van der Waals surface area contributed by atoms with E-state index in [9.17, 15) is 8.42 Å². The molecule has 1 aliphatic carbocycles. The van der Waals surface area contributed by atoms with Crippen molar-refractivity contribution < 1.29 is 8.42 Å². The Morgan fingerprint density at radius 2 is 2.08 bits per heavy atom. The molecule has 0 aromatic carbocycles. The van der Waals surface area contributed by atoms with Crippen molar-refractivity contribution in [1.29, 1.82) is 0 Å². The molecule has 128 valence electrons. The molecule has 2 aliphatic rings. The monoisotopic (exact) mass is 348 g/mol. The molecule has 1 aliphatic heterocycles. The van der Waals surface area contributed by atoms with E-state index in [1.807, 2.05) is 0 Å². The van der Waals surface area contributed by atoms with Crippen molar-refractivity contribution in [3.63, 3.8) is 0 Å². The highest BCUT2D eigenvalue weighted by atomic mass is 32.2. The van der Waals surface area contributed by atoms with Gasteiger partial charge in [0.15, 0.2) is 10.8 Å². The fraction of sp³-hybridized carbons (Fsp3) is 0.533. The van der Waals surface area contributed by atoms with Gasteiger partial charge in [-0.25, -0.2) is 18.1 Å². The van der Waals surface area contributed by atoms with Crippen LogP contribution >= 0.6 is 0 Å². The van der Waals surface area contributed by atoms with Gasteiger partial charge >= 0.3 is 0 Å². The maximum Gasteiger partial charge on any atom is 0.257 e. The van der Waals surface area contributed by atoms with Gasteiger partial charge in [-0.05, 0) is 37.3 Å². The Hall–Kier alpha value is -2.00. The summed E-state index contributed by atoms with van der Waals surface area (Å²) < 4.78 is 26.7. The van der Waals surface area contributed by atoms with Crippen LogP contribution < -0.4 is 9.62 Å². The minimum atomic E-state index is -3.50. The van der Waals surface area contributed by atoms with Gasteiger partial charge in [-0.1, -0.05) is 0 Å². The number of hydrogen-bond donors (Lipinski definition) is 2. The number of aromatic nitrogens is 4. The molecule has 24 heavy (non-hydrogen) atoms. The zero-order valence-electron chi connectivity index (χ0n) is 13.3. The maximum atomic E-state index is 12.0. The Kier molecular flexibility index (Phi) is 3.97. The third-order valence-corrected chi connectivity index (χ3v) is 6.01. The molecular weight excluding hydrogens is 328 g/mol. The number of rotatable bonds is 5. The second-order valence-electron chi connectivity index (χ2n) is 6.42. The van der Waals surface area contributed by atoms with Gasteiger partial charge in [0.05, 0.1) is 18.2 Å². The number of H-pyrrole nitrogens is 1. The Balaban J connectivity index is 1.32. The van der Waals surface area contributed by atoms with Crippen molar-refractivity contribution in [3.8, 4) is 0 Å². The van der Waals surface area contributed by atoms with Crippen molar-refractivity contribution in [2.45, 2.75) is 30.7 Å². The summed E-state index contributed by atoms with van der Waals surface area (Å²) in [4.78, 5) is 8.50. The lowest BCUT2D eigenvalue weighted by molar-refractivity contribution is 0.401. The normalized spacial score (nSPS) is 18.2. The summed E-state index contributed by atoms with van der Waals surface area (Å²) in [5, 5.41) is 8.77. The topological polar surface area (TPSA) is 104 Å². The number of fused-ring (bicyclic) bond motifs is 1. The Morgan fingerprint density at radius 3 is 2.88 bits per heavy atom. The Labute approximate surface area is 140 Å². The lowest BCUT2D eigenvalue weighted by Gasteiger charge is -2.40. The van der Waals surface area contributed by atoms with Crippen LogP contribution in [0.25, 0.3) is 0 Å². The summed E-state index contributed by atoms with van der Waals surface area (Å²) in [7, 11) is -3.50. The van der Waals surface area contributed by atoms with Gasteiger partial charge in [0.1, 0.15) is 0 Å². The first-order valence-corrected chi connectivity index (χ1v) is 9.68. The third kappa shape index (κ3) is 3.01. The van der Waals surface area contributed by atoms with E-state index in [4.69, 9.17) is 0 Å². The average molecular weight is 348 g/mol. The van der Waals surface area contributed by atoms with Crippen LogP contribution in [0.3, 0.4) is 0 Å². The fourth-order valence-corrected chi connectivity index (χ4v) is 4.23. The summed E-state index contributed by atoms with van der Waals surface area (Å²) in [5.41, 5.74) is 2.45. The number of imidazole rings is 1. The van der Waals surface area contributed by atoms with Crippen LogP contribution in [0.1, 0.15) is 24.1 Å². The number of sulfonamides is 1. The van der Waals surface area contributed by atoms with E-state index in [1.54, 1.807) is 0 Å². The van der Waals surface area contributed by atoms with Gasteiger partial charge in [0.25, 0.3) is 10.0 Å². The quantitative estimate of drug-likeness (QED) is 0.815. The molecule has 4 rings (SSSR count). The van der Waals surface area contributed by atoms with Gasteiger partial charge < -0.3 is 9.88 Å². The first-order chi connectivity index (χ1) is 11.6. The maximum absolute atomic E-state index is 12.0. The average Bonchev–Trinajstić information content (AvgIpc) is 3.08. The second-order valence-corrected chi connectivity index (χ2v) is 8.16. The molecule has 0 atom stereocenters. The zero-order valence-corrected chi connectivity index (χ0v) is 14.1. The standard InChI is InChI=1S/C15H20N6O2S/c22-24(23,15-7-16-10-17-15)18-6-11-8-21(9-11)14-5-12-3-1-2-4-13(12)19-20-14/h5,7,10-11,18H,1-4,6,8-9H2,(H,16,17). The highest BCUT2D eigenvalue weighted by molar-refractivity contribution is 7.89. The van der Waals surface area contributed by atoms with Crippen molar-refractivity contribution >= 4 is 15.8 Å². The van der Waals surface area contributed by atoms with E-state index in [0.717, 1.165) is 37.4 Å². The Morgan fingerprint density at radius 1 is 1.25 bits per heavy atom. The van der Waals surface area contributed by atoms with Crippen LogP contribution in [-0.2, 0) is 22.9 Å². The molecule has 0 amide bonds. The lowest BCUT2D eigenvalue weighted by atomic mass is 9.96. The van der Waals surface area contributed by atoms with Crippen LogP contribution in [-0.4, -0.2) is 48.2 Å². The molecule has 0 bridgehead atoms. The number of aryl methyl sites for hydroxylation is 2. The van der Waals surface area contributed by atoms with Crippen molar-refractivity contribution in [3.05, 3.63) is 29.8 Å². The predicted octanol–water partition coefficient (Wildman–Crippen LogP) is 0.493. The van der Waals surface area contributed by atoms with E-state index in [-0.39, 0.29) is 10.9 Å². The van der Waals surface area contributed by atoms with Gasteiger partial charge in [-0.3, -0.25) is 0 Å². The molecule has 0 spiro atoms. The molecule has 3 heterocycles. The molecule has 2 aromatic heterocycles. The van der Waals surface area contributed by atoms with E-state index in [2.05, 4.69) is 35.9 Å². The molecule has 2 N–H and O–H groups in total. The van der Waals surface area contributed by atoms with E-state index < -0.39 is 10.0 Å². The fourth-order valence-electron chi connectivity index (χ4n) is 3.21. The number of hydrogen-bond acceptors (Lipinski definition) is 6. The minimum absolute atomic E-state index is 0.0965. The van der Waals surface area contributed by atoms with Gasteiger partial charge in [0, 0.05) is 25.6 Å². The number of nitrogens with zero attached hydrogens (tertiary/aromatic N) is 4. The highest BCUT2D eigenvalue weighted by Gasteiger charge is 2.30. The number of aromatic amines is 1. The number of anilines is 1. The van der Waals surface area contributed by atoms with Crippen LogP contribution in [0.15, 0.2) is 23.6 Å². The van der Waals surface area contributed by atoms with Crippen molar-refractivity contribution in [1.82, 2.24) is 24.9 Å². The van der Waals surface area contributed by atoms with Crippen LogP contribution in [0.2, 0.25) is 0 Å². The minimum Gasteiger partial charge on any atom is -0.354 e. The molecule has 0 saturated carbocycles. The zero-order chi connectivity index (χ0) is 16.6. The first kappa shape index (κ1) is 15.5. The molecule has 1 saturated heterocycles. The van der Waals surface area contributed by atoms with Crippen LogP contribution in [0, 0.1) is 5.92 Å². The predicted molar refractivity (Wildman–Crippen MR) is 88.2 cm³/mol. The highest BCUT2D eigenvalue weighted by Crippen LogP contribution is 2.26. The molecule has 1 fully saturated rings. The molecular formula is C15H20N6O2S. The van der Waals surface area contributed by atoms with Crippen molar-refractivity contribution in [2.24, 2.45) is 5.92 Å². The van der Waals surface area contributed by atoms with Gasteiger partial charge in [-0.2, -0.15) is 5.10 Å². The van der Waals surface area contributed by atoms with Gasteiger partial charge in [-0.15, -0.1) is 5.10 Å². The summed E-state index contributed by atoms with van der Waals surface area (Å²) in [6, 6.07) is 2.15. The Bertz CT molecular complexity index is 814. The van der Waals surface area contributed by atoms with Gasteiger partial charge in [0.2, 0.25) is 0 Å². The molecule has 8 nitrogen and oxygen atoms in total. The van der Waals surface area contributed by atoms with Crippen LogP contribution in [0.5, 0.6) is 0 Å². The summed E-state index contributed by atoms with van der Waals surface area (Å²) in [6.07, 6.45) is 7.19. The summed E-state index contributed by atoms with van der Waals surface area (Å²) in [6.45, 7) is 1.99. The smallest absolute Gasteiger partial charge is 0.257 e. The summed E-state index contributed by atoms with van der Waals surface area (Å²) >= 11 is 0. The molecule has 2 aromatic rings. The summed E-state index contributed by atoms with van der Waals surface area (Å²) in [5.74, 6) is 1.18. The van der Waals surface area contributed by atoms with Crippen LogP contribution in [0.4, 0.5) is 5.82 Å². The molecule has 0 unspecified atom stereocenters.